The number of ether oxygens (including phenoxy) is 6. The lowest BCUT2D eigenvalue weighted by molar-refractivity contribution is -0.360. The van der Waals surface area contributed by atoms with Crippen molar-refractivity contribution in [3.8, 4) is 0 Å². The molecule has 16 unspecified atom stereocenters. The number of allylic oxidation sites excluding steroid dienone is 2. The van der Waals surface area contributed by atoms with Crippen LogP contribution >= 0.6 is 7.82 Å². The van der Waals surface area contributed by atoms with Crippen molar-refractivity contribution in [2.24, 2.45) is 0 Å². The van der Waals surface area contributed by atoms with Crippen LogP contribution in [0.2, 0.25) is 0 Å². The summed E-state index contributed by atoms with van der Waals surface area (Å²) in [7, 11) is -5.64. The van der Waals surface area contributed by atoms with E-state index in [2.05, 4.69) is 26.0 Å². The Kier molecular flexibility index (Phi) is 39.0. The average molecular weight is 1200 g/mol. The minimum Gasteiger partial charge on any atom is -0.462 e. The van der Waals surface area contributed by atoms with E-state index in [9.17, 15) is 75.2 Å². The maximum absolute atomic E-state index is 14.0. The van der Waals surface area contributed by atoms with E-state index < -0.39 is 150 Å². The lowest BCUT2D eigenvalue weighted by atomic mass is 9.84. The number of aliphatic hydroxyl groups excluding tert-OH is 11. The van der Waals surface area contributed by atoms with E-state index in [1.54, 1.807) is 0 Å². The Bertz CT molecular complexity index is 1680. The zero-order valence-corrected chi connectivity index (χ0v) is 49.9. The molecule has 1 aliphatic carbocycles. The molecule has 3 rings (SSSR count). The van der Waals surface area contributed by atoms with Crippen LogP contribution in [-0.4, -0.2) is 204 Å². The molecule has 2 aliphatic heterocycles. The number of hydrogen-bond donors (Lipinski definition) is 12. The second-order valence-corrected chi connectivity index (χ2v) is 24.0. The van der Waals surface area contributed by atoms with E-state index >= 15 is 0 Å². The van der Waals surface area contributed by atoms with E-state index in [1.807, 2.05) is 0 Å². The number of esters is 2. The first kappa shape index (κ1) is 74.4. The zero-order chi connectivity index (χ0) is 60.3. The first-order chi connectivity index (χ1) is 39.4. The van der Waals surface area contributed by atoms with Gasteiger partial charge >= 0.3 is 19.8 Å². The molecule has 2 saturated heterocycles. The van der Waals surface area contributed by atoms with Gasteiger partial charge in [0, 0.05) is 12.8 Å². The van der Waals surface area contributed by atoms with Crippen LogP contribution in [0.15, 0.2) is 12.2 Å². The third-order valence-corrected chi connectivity index (χ3v) is 16.6. The molecule has 16 atom stereocenters. The van der Waals surface area contributed by atoms with Crippen LogP contribution in [0.5, 0.6) is 0 Å². The fourth-order valence-electron chi connectivity index (χ4n) is 10.4. The van der Waals surface area contributed by atoms with Crippen LogP contribution in [0.3, 0.4) is 0 Å². The van der Waals surface area contributed by atoms with Gasteiger partial charge in [0.1, 0.15) is 92.1 Å². The Morgan fingerprint density at radius 1 is 0.451 bits per heavy atom. The third kappa shape index (κ3) is 27.9. The van der Waals surface area contributed by atoms with Gasteiger partial charge in [0.25, 0.3) is 0 Å². The van der Waals surface area contributed by atoms with Crippen molar-refractivity contribution >= 4 is 19.8 Å². The molecular formula is C58H107O23P. The maximum Gasteiger partial charge on any atom is 0.472 e. The van der Waals surface area contributed by atoms with E-state index in [-0.39, 0.29) is 12.8 Å². The van der Waals surface area contributed by atoms with Crippen LogP contribution in [0, 0.1) is 0 Å². The largest absolute Gasteiger partial charge is 0.472 e. The topological polar surface area (TPSA) is 368 Å². The maximum atomic E-state index is 14.0. The number of carbonyl (C=O) groups is 2. The van der Waals surface area contributed by atoms with Crippen LogP contribution in [-0.2, 0) is 51.6 Å². The van der Waals surface area contributed by atoms with Crippen molar-refractivity contribution in [1.29, 1.82) is 0 Å². The van der Waals surface area contributed by atoms with Gasteiger partial charge in [-0.05, 0) is 38.5 Å². The molecular weight excluding hydrogens is 1100 g/mol. The first-order valence-electron chi connectivity index (χ1n) is 31.0. The molecule has 3 aliphatic rings. The van der Waals surface area contributed by atoms with Gasteiger partial charge in [0.15, 0.2) is 18.7 Å². The van der Waals surface area contributed by atoms with Crippen LogP contribution in [0.25, 0.3) is 0 Å². The molecule has 0 spiro atoms. The summed E-state index contributed by atoms with van der Waals surface area (Å²) in [5, 5.41) is 117. The highest BCUT2D eigenvalue weighted by Crippen LogP contribution is 2.49. The van der Waals surface area contributed by atoms with Crippen molar-refractivity contribution in [2.45, 2.75) is 317 Å². The second kappa shape index (κ2) is 42.9. The third-order valence-electron chi connectivity index (χ3n) is 15.6. The number of hydrogen-bond acceptors (Lipinski definition) is 22. The fraction of sp³-hybridized carbons (Fsp3) is 0.931. The molecule has 3 fully saturated rings. The molecule has 23 nitrogen and oxygen atoms in total. The SMILES string of the molecule is CCCCCCCCC/C=C\CCCCCC(=O)OCC(COP(=O)(O)OC1C(OC2OC(CO)C(O)C(O)C2O)C(O)C(O)C(O)C1OC1OC(CO)C(O)C(O)C1O)OC(=O)CCCCCCCCCCCCCCCCCCC. The highest BCUT2D eigenvalue weighted by molar-refractivity contribution is 7.47. The zero-order valence-electron chi connectivity index (χ0n) is 49.0. The Labute approximate surface area is 486 Å². The van der Waals surface area contributed by atoms with Gasteiger partial charge in [0.2, 0.25) is 0 Å². The number of carbonyl (C=O) groups excluding carboxylic acids is 2. The van der Waals surface area contributed by atoms with Gasteiger partial charge < -0.3 is 89.5 Å². The van der Waals surface area contributed by atoms with Crippen molar-refractivity contribution < 1.29 is 113 Å². The molecule has 12 N–H and O–H groups in total. The minimum atomic E-state index is -5.64. The summed E-state index contributed by atoms with van der Waals surface area (Å²) < 4.78 is 58.2. The second-order valence-electron chi connectivity index (χ2n) is 22.6. The molecule has 482 valence electrons. The van der Waals surface area contributed by atoms with E-state index in [4.69, 9.17) is 37.5 Å². The summed E-state index contributed by atoms with van der Waals surface area (Å²) in [6.07, 6.45) is 1.83. The summed E-state index contributed by atoms with van der Waals surface area (Å²) in [5.41, 5.74) is 0. The number of rotatable bonds is 46. The van der Waals surface area contributed by atoms with E-state index in [0.29, 0.717) is 12.8 Å². The molecule has 0 radical (unpaired) electrons. The molecule has 0 aromatic carbocycles. The van der Waals surface area contributed by atoms with Gasteiger partial charge in [-0.15, -0.1) is 0 Å². The molecule has 0 aromatic heterocycles. The van der Waals surface area contributed by atoms with Gasteiger partial charge in [0.05, 0.1) is 19.8 Å². The Hall–Kier alpha value is -1.81. The van der Waals surface area contributed by atoms with Crippen molar-refractivity contribution in [3.05, 3.63) is 12.2 Å². The normalized spacial score (nSPS) is 30.8. The lowest BCUT2D eigenvalue weighted by Gasteiger charge is -2.49. The molecule has 82 heavy (non-hydrogen) atoms. The van der Waals surface area contributed by atoms with Crippen LogP contribution in [0.4, 0.5) is 0 Å². The van der Waals surface area contributed by atoms with Gasteiger partial charge in [-0.2, -0.15) is 0 Å². The van der Waals surface area contributed by atoms with Gasteiger partial charge in [-0.25, -0.2) is 4.57 Å². The summed E-state index contributed by atoms with van der Waals surface area (Å²) >= 11 is 0. The van der Waals surface area contributed by atoms with Gasteiger partial charge in [-0.1, -0.05) is 174 Å². The lowest BCUT2D eigenvalue weighted by Crippen LogP contribution is -2.69. The Morgan fingerprint density at radius 2 is 0.805 bits per heavy atom. The molecule has 0 amide bonds. The first-order valence-corrected chi connectivity index (χ1v) is 32.5. The molecule has 24 heteroatoms. The summed E-state index contributed by atoms with van der Waals surface area (Å²) in [5.74, 6) is -1.34. The number of phosphoric ester groups is 1. The molecule has 0 aromatic rings. The standard InChI is InChI=1S/C58H107O23P/c1-3-5-7-9-11-13-15-17-19-20-21-23-25-27-29-31-33-35-44(62)76-40(38-74-43(61)34-32-30-28-26-24-22-18-16-14-12-10-8-6-4-2)39-75-82(72,73)81-56-54(79-57-52(70)47(65)45(63)41(36-59)77-57)50(68)49(67)51(69)55(56)80-58-53(71)48(66)46(64)42(37-60)78-58/h22,24,40-42,45-60,63-71H,3-21,23,25-39H2,1-2H3,(H,72,73)/b24-22-. The highest BCUT2D eigenvalue weighted by Gasteiger charge is 2.58. The minimum absolute atomic E-state index is 0.0298. The molecule has 1 saturated carbocycles. The van der Waals surface area contributed by atoms with Crippen molar-refractivity contribution in [1.82, 2.24) is 0 Å². The highest BCUT2D eigenvalue weighted by atomic mass is 31.2. The monoisotopic (exact) mass is 1200 g/mol. The predicted molar refractivity (Wildman–Crippen MR) is 300 cm³/mol. The van der Waals surface area contributed by atoms with E-state index in [1.165, 1.54) is 109 Å². The summed E-state index contributed by atoms with van der Waals surface area (Å²) in [4.78, 5) is 37.6. The smallest absolute Gasteiger partial charge is 0.462 e. The number of aliphatic hydroxyl groups is 11. The number of phosphoric acid groups is 1. The Morgan fingerprint density at radius 3 is 1.21 bits per heavy atom. The van der Waals surface area contributed by atoms with Crippen molar-refractivity contribution in [3.63, 3.8) is 0 Å². The van der Waals surface area contributed by atoms with Crippen LogP contribution in [0.1, 0.15) is 213 Å². The molecule has 2 heterocycles. The summed E-state index contributed by atoms with van der Waals surface area (Å²) in [6, 6.07) is 0. The van der Waals surface area contributed by atoms with Crippen LogP contribution < -0.4 is 0 Å². The molecule has 0 bridgehead atoms. The van der Waals surface area contributed by atoms with E-state index in [0.717, 1.165) is 64.2 Å². The fourth-order valence-corrected chi connectivity index (χ4v) is 11.4. The summed E-state index contributed by atoms with van der Waals surface area (Å²) in [6.45, 7) is 1.02. The average Bonchev–Trinajstić information content (AvgIpc) is 3.66. The number of unbranched alkanes of at least 4 members (excludes halogenated alkanes) is 26. The van der Waals surface area contributed by atoms with Gasteiger partial charge in [-0.3, -0.25) is 18.6 Å². The predicted octanol–water partition coefficient (Wildman–Crippen LogP) is 5.10. The quantitative estimate of drug-likeness (QED) is 0.0163. The Balaban J connectivity index is 1.68. The van der Waals surface area contributed by atoms with Crippen molar-refractivity contribution in [2.75, 3.05) is 26.4 Å².